The summed E-state index contributed by atoms with van der Waals surface area (Å²) >= 11 is 0. The standard InChI is InChI=1S/C21H24N4O/c1-2-5-18-14-19(9-8-16(18)4-1)26-13-3-10-24-11-12-25-20(15-24)22-23-21(25)17-6-7-17/h1-2,4-5,8-9,14,17H,3,6-7,10-13,15H2. The van der Waals surface area contributed by atoms with Gasteiger partial charge in [0, 0.05) is 25.6 Å². The molecule has 2 aromatic carbocycles. The highest BCUT2D eigenvalue weighted by Crippen LogP contribution is 2.39. The molecule has 0 unspecified atom stereocenters. The van der Waals surface area contributed by atoms with Gasteiger partial charge in [0.15, 0.2) is 0 Å². The van der Waals surface area contributed by atoms with Crippen LogP contribution in [0.3, 0.4) is 0 Å². The van der Waals surface area contributed by atoms with Crippen molar-refractivity contribution in [3.8, 4) is 5.75 Å². The van der Waals surface area contributed by atoms with Crippen LogP contribution in [0.25, 0.3) is 10.8 Å². The maximum Gasteiger partial charge on any atom is 0.147 e. The van der Waals surface area contributed by atoms with Gasteiger partial charge in [-0.05, 0) is 42.2 Å². The number of nitrogens with zero attached hydrogens (tertiary/aromatic N) is 4. The van der Waals surface area contributed by atoms with Gasteiger partial charge < -0.3 is 9.30 Å². The lowest BCUT2D eigenvalue weighted by Gasteiger charge is -2.27. The van der Waals surface area contributed by atoms with E-state index in [0.29, 0.717) is 5.92 Å². The van der Waals surface area contributed by atoms with Gasteiger partial charge in [-0.15, -0.1) is 10.2 Å². The molecule has 0 bridgehead atoms. The maximum atomic E-state index is 5.96. The van der Waals surface area contributed by atoms with E-state index in [4.69, 9.17) is 4.74 Å². The van der Waals surface area contributed by atoms with Gasteiger partial charge in [0.25, 0.3) is 0 Å². The Balaban J connectivity index is 1.12. The van der Waals surface area contributed by atoms with E-state index in [1.807, 2.05) is 0 Å². The van der Waals surface area contributed by atoms with Gasteiger partial charge in [-0.1, -0.05) is 30.3 Å². The van der Waals surface area contributed by atoms with Crippen LogP contribution in [0.5, 0.6) is 5.75 Å². The molecule has 0 radical (unpaired) electrons. The second-order valence-electron chi connectivity index (χ2n) is 7.39. The molecular weight excluding hydrogens is 324 g/mol. The van der Waals surface area contributed by atoms with Crippen molar-refractivity contribution in [2.45, 2.75) is 38.3 Å². The summed E-state index contributed by atoms with van der Waals surface area (Å²) in [5, 5.41) is 11.3. The molecule has 0 amide bonds. The Morgan fingerprint density at radius 2 is 1.88 bits per heavy atom. The summed E-state index contributed by atoms with van der Waals surface area (Å²) < 4.78 is 8.31. The van der Waals surface area contributed by atoms with E-state index in [0.717, 1.165) is 50.8 Å². The Bertz CT molecular complexity index is 915. The molecule has 1 aliphatic heterocycles. The van der Waals surface area contributed by atoms with Crippen molar-refractivity contribution in [3.05, 3.63) is 54.1 Å². The molecule has 1 aliphatic carbocycles. The molecule has 5 heteroatoms. The van der Waals surface area contributed by atoms with Crippen LogP contribution >= 0.6 is 0 Å². The van der Waals surface area contributed by atoms with E-state index < -0.39 is 0 Å². The fraction of sp³-hybridized carbons (Fsp3) is 0.429. The van der Waals surface area contributed by atoms with Crippen LogP contribution < -0.4 is 4.74 Å². The van der Waals surface area contributed by atoms with Crippen LogP contribution in [-0.4, -0.2) is 39.4 Å². The Labute approximate surface area is 153 Å². The van der Waals surface area contributed by atoms with Crippen molar-refractivity contribution in [3.63, 3.8) is 0 Å². The molecule has 5 nitrogen and oxygen atoms in total. The van der Waals surface area contributed by atoms with Gasteiger partial charge in [0.1, 0.15) is 17.4 Å². The molecule has 3 aromatic rings. The summed E-state index contributed by atoms with van der Waals surface area (Å²) in [5.41, 5.74) is 0. The first kappa shape index (κ1) is 15.8. The predicted octanol–water partition coefficient (Wildman–Crippen LogP) is 3.59. The Morgan fingerprint density at radius 3 is 2.77 bits per heavy atom. The largest absolute Gasteiger partial charge is 0.494 e. The second kappa shape index (κ2) is 6.72. The number of benzene rings is 2. The van der Waals surface area contributed by atoms with E-state index in [1.54, 1.807) is 0 Å². The normalized spacial score (nSPS) is 17.4. The summed E-state index contributed by atoms with van der Waals surface area (Å²) in [5.74, 6) is 3.99. The van der Waals surface area contributed by atoms with Gasteiger partial charge >= 0.3 is 0 Å². The topological polar surface area (TPSA) is 43.2 Å². The lowest BCUT2D eigenvalue weighted by Crippen LogP contribution is -2.35. The highest BCUT2D eigenvalue weighted by molar-refractivity contribution is 5.83. The molecule has 0 N–H and O–H groups in total. The molecule has 2 aliphatic rings. The lowest BCUT2D eigenvalue weighted by atomic mass is 10.1. The fourth-order valence-corrected chi connectivity index (χ4v) is 3.80. The van der Waals surface area contributed by atoms with Crippen LogP contribution in [0.1, 0.15) is 36.8 Å². The molecule has 0 saturated heterocycles. The van der Waals surface area contributed by atoms with E-state index in [9.17, 15) is 0 Å². The van der Waals surface area contributed by atoms with Crippen molar-refractivity contribution in [2.75, 3.05) is 19.7 Å². The van der Waals surface area contributed by atoms with Gasteiger partial charge in [-0.3, -0.25) is 4.90 Å². The van der Waals surface area contributed by atoms with Gasteiger partial charge in [-0.2, -0.15) is 0 Å². The van der Waals surface area contributed by atoms with Crippen molar-refractivity contribution in [1.82, 2.24) is 19.7 Å². The van der Waals surface area contributed by atoms with Gasteiger partial charge in [-0.25, -0.2) is 0 Å². The SMILES string of the molecule is c1ccc2cc(OCCCN3CCn4c(nnc4C4CC4)C3)ccc2c1. The van der Waals surface area contributed by atoms with E-state index in [-0.39, 0.29) is 0 Å². The Hall–Kier alpha value is -2.40. The first-order valence-corrected chi connectivity index (χ1v) is 9.63. The minimum atomic E-state index is 0.679. The maximum absolute atomic E-state index is 5.96. The molecule has 0 atom stereocenters. The number of fused-ring (bicyclic) bond motifs is 2. The third-order valence-corrected chi connectivity index (χ3v) is 5.41. The monoisotopic (exact) mass is 348 g/mol. The van der Waals surface area contributed by atoms with Crippen LogP contribution in [0, 0.1) is 0 Å². The average Bonchev–Trinajstić information content (AvgIpc) is 3.44. The van der Waals surface area contributed by atoms with Crippen molar-refractivity contribution < 1.29 is 4.74 Å². The lowest BCUT2D eigenvalue weighted by molar-refractivity contribution is 0.194. The van der Waals surface area contributed by atoms with Crippen molar-refractivity contribution in [2.24, 2.45) is 0 Å². The zero-order valence-electron chi connectivity index (χ0n) is 15.0. The van der Waals surface area contributed by atoms with Crippen LogP contribution in [0.4, 0.5) is 0 Å². The van der Waals surface area contributed by atoms with Crippen molar-refractivity contribution in [1.29, 1.82) is 0 Å². The van der Waals surface area contributed by atoms with E-state index in [2.05, 4.69) is 62.1 Å². The number of ether oxygens (including phenoxy) is 1. The summed E-state index contributed by atoms with van der Waals surface area (Å²) in [6.07, 6.45) is 3.60. The molecule has 5 rings (SSSR count). The molecule has 1 fully saturated rings. The summed E-state index contributed by atoms with van der Waals surface area (Å²) in [7, 11) is 0. The molecule has 2 heterocycles. The summed E-state index contributed by atoms with van der Waals surface area (Å²) in [6, 6.07) is 14.7. The number of aromatic nitrogens is 3. The highest BCUT2D eigenvalue weighted by atomic mass is 16.5. The summed E-state index contributed by atoms with van der Waals surface area (Å²) in [4.78, 5) is 2.46. The zero-order chi connectivity index (χ0) is 17.3. The van der Waals surface area contributed by atoms with E-state index >= 15 is 0 Å². The fourth-order valence-electron chi connectivity index (χ4n) is 3.80. The third kappa shape index (κ3) is 3.19. The highest BCUT2D eigenvalue weighted by Gasteiger charge is 2.31. The average molecular weight is 348 g/mol. The molecule has 1 aromatic heterocycles. The first-order chi connectivity index (χ1) is 12.9. The Morgan fingerprint density at radius 1 is 1.00 bits per heavy atom. The Kier molecular flexibility index (Phi) is 4.09. The minimum absolute atomic E-state index is 0.679. The minimum Gasteiger partial charge on any atom is -0.494 e. The number of rotatable bonds is 6. The molecule has 0 spiro atoms. The predicted molar refractivity (Wildman–Crippen MR) is 101 cm³/mol. The number of hydrogen-bond donors (Lipinski definition) is 0. The quantitative estimate of drug-likeness (QED) is 0.639. The molecule has 26 heavy (non-hydrogen) atoms. The second-order valence-corrected chi connectivity index (χ2v) is 7.39. The van der Waals surface area contributed by atoms with Gasteiger partial charge in [0.05, 0.1) is 13.2 Å². The molecular formula is C21H24N4O. The van der Waals surface area contributed by atoms with Crippen LogP contribution in [0.2, 0.25) is 0 Å². The zero-order valence-corrected chi connectivity index (χ0v) is 15.0. The van der Waals surface area contributed by atoms with Crippen molar-refractivity contribution >= 4 is 10.8 Å². The van der Waals surface area contributed by atoms with Gasteiger partial charge in [0.2, 0.25) is 0 Å². The van der Waals surface area contributed by atoms with Crippen LogP contribution in [-0.2, 0) is 13.1 Å². The first-order valence-electron chi connectivity index (χ1n) is 9.63. The smallest absolute Gasteiger partial charge is 0.147 e. The third-order valence-electron chi connectivity index (χ3n) is 5.41. The molecule has 134 valence electrons. The van der Waals surface area contributed by atoms with E-state index in [1.165, 1.54) is 29.4 Å². The summed E-state index contributed by atoms with van der Waals surface area (Å²) in [6.45, 7) is 4.81. The van der Waals surface area contributed by atoms with Crippen LogP contribution in [0.15, 0.2) is 42.5 Å². The molecule has 1 saturated carbocycles. The number of hydrogen-bond acceptors (Lipinski definition) is 4.